The summed E-state index contributed by atoms with van der Waals surface area (Å²) in [6.45, 7) is 3.71. The van der Waals surface area contributed by atoms with Crippen molar-refractivity contribution in [2.75, 3.05) is 11.1 Å². The van der Waals surface area contributed by atoms with Crippen molar-refractivity contribution in [3.05, 3.63) is 76.4 Å². The minimum Gasteiger partial charge on any atom is -0.368 e. The number of imidazole rings is 1. The van der Waals surface area contributed by atoms with Crippen LogP contribution in [0, 0.1) is 12.7 Å². The lowest BCUT2D eigenvalue weighted by atomic mass is 10.1. The van der Waals surface area contributed by atoms with E-state index in [0.29, 0.717) is 28.5 Å². The Balaban J connectivity index is 1.74. The van der Waals surface area contributed by atoms with Crippen molar-refractivity contribution in [3.8, 4) is 5.69 Å². The van der Waals surface area contributed by atoms with Crippen LogP contribution in [0.25, 0.3) is 27.8 Å². The van der Waals surface area contributed by atoms with Gasteiger partial charge in [0.05, 0.1) is 23.6 Å². The second-order valence-electron chi connectivity index (χ2n) is 7.43. The molecule has 160 valence electrons. The number of fused-ring (bicyclic) bond motifs is 2. The number of hydrogen-bond acceptors (Lipinski definition) is 7. The molecule has 9 nitrogen and oxygen atoms in total. The summed E-state index contributed by atoms with van der Waals surface area (Å²) in [6, 6.07) is 11.3. The standard InChI is InChI=1S/C22H19FN8O/c1-11-6-3-4-9-15(11)31-20(28-14-8-5-7-13(23)16(14)21(31)32)12(2)27-19-17-18(26-10-25-17)29-22(24)30-19/h3-10,12H,1-2H3,(H4,24,25,26,27,29,30)/t12-/m0/s1. The molecule has 3 aromatic heterocycles. The summed E-state index contributed by atoms with van der Waals surface area (Å²) in [4.78, 5) is 33.7. The zero-order valence-electron chi connectivity index (χ0n) is 17.3. The molecule has 2 aromatic carbocycles. The molecule has 4 N–H and O–H groups in total. The predicted molar refractivity (Wildman–Crippen MR) is 120 cm³/mol. The first-order valence-electron chi connectivity index (χ1n) is 9.94. The highest BCUT2D eigenvalue weighted by molar-refractivity contribution is 5.84. The number of nitrogens with two attached hydrogens (primary N) is 1. The van der Waals surface area contributed by atoms with Crippen LogP contribution in [0.5, 0.6) is 0 Å². The van der Waals surface area contributed by atoms with Crippen molar-refractivity contribution in [1.82, 2.24) is 29.5 Å². The first kappa shape index (κ1) is 19.6. The minimum atomic E-state index is -0.615. The normalized spacial score (nSPS) is 12.3. The lowest BCUT2D eigenvalue weighted by molar-refractivity contribution is 0.635. The van der Waals surface area contributed by atoms with Crippen molar-refractivity contribution >= 4 is 33.8 Å². The molecule has 0 aliphatic rings. The van der Waals surface area contributed by atoms with E-state index in [9.17, 15) is 9.18 Å². The van der Waals surface area contributed by atoms with Gasteiger partial charge in [-0.05, 0) is 37.6 Å². The predicted octanol–water partition coefficient (Wildman–Crippen LogP) is 3.25. The number of rotatable bonds is 4. The molecule has 10 heteroatoms. The molecule has 0 amide bonds. The third-order valence-corrected chi connectivity index (χ3v) is 5.27. The summed E-state index contributed by atoms with van der Waals surface area (Å²) < 4.78 is 16.0. The van der Waals surface area contributed by atoms with Crippen molar-refractivity contribution < 1.29 is 4.39 Å². The average Bonchev–Trinajstić information content (AvgIpc) is 3.23. The van der Waals surface area contributed by atoms with Crippen LogP contribution in [0.15, 0.2) is 53.6 Å². The Bertz CT molecular complexity index is 1540. The van der Waals surface area contributed by atoms with Gasteiger partial charge in [0.2, 0.25) is 5.95 Å². The fraction of sp³-hybridized carbons (Fsp3) is 0.136. The van der Waals surface area contributed by atoms with Gasteiger partial charge < -0.3 is 16.0 Å². The molecule has 5 rings (SSSR count). The van der Waals surface area contributed by atoms with E-state index in [0.717, 1.165) is 5.56 Å². The number of hydrogen-bond donors (Lipinski definition) is 3. The van der Waals surface area contributed by atoms with Gasteiger partial charge in [0.1, 0.15) is 22.5 Å². The first-order chi connectivity index (χ1) is 15.4. The van der Waals surface area contributed by atoms with Crippen molar-refractivity contribution in [1.29, 1.82) is 0 Å². The summed E-state index contributed by atoms with van der Waals surface area (Å²) in [5.41, 5.74) is 8.07. The summed E-state index contributed by atoms with van der Waals surface area (Å²) in [5, 5.41) is 3.17. The Morgan fingerprint density at radius 2 is 1.94 bits per heavy atom. The molecule has 0 spiro atoms. The molecule has 0 unspecified atom stereocenters. The number of anilines is 2. The summed E-state index contributed by atoms with van der Waals surface area (Å²) in [6.07, 6.45) is 1.49. The van der Waals surface area contributed by atoms with Gasteiger partial charge in [-0.15, -0.1) is 0 Å². The van der Waals surface area contributed by atoms with Crippen LogP contribution in [0.4, 0.5) is 16.2 Å². The number of para-hydroxylation sites is 1. The van der Waals surface area contributed by atoms with Crippen molar-refractivity contribution in [2.45, 2.75) is 19.9 Å². The number of benzene rings is 2. The molecule has 0 saturated heterocycles. The molecule has 0 saturated carbocycles. The molecule has 0 fully saturated rings. The second-order valence-corrected chi connectivity index (χ2v) is 7.43. The highest BCUT2D eigenvalue weighted by atomic mass is 19.1. The monoisotopic (exact) mass is 430 g/mol. The largest absolute Gasteiger partial charge is 0.368 e. The van der Waals surface area contributed by atoms with Gasteiger partial charge in [-0.25, -0.2) is 14.4 Å². The number of halogens is 1. The van der Waals surface area contributed by atoms with Gasteiger partial charge in [-0.1, -0.05) is 24.3 Å². The van der Waals surface area contributed by atoms with Gasteiger partial charge in [0.15, 0.2) is 11.5 Å². The van der Waals surface area contributed by atoms with E-state index in [1.165, 1.54) is 23.0 Å². The van der Waals surface area contributed by atoms with E-state index in [1.54, 1.807) is 12.1 Å². The number of H-pyrrole nitrogens is 1. The topological polar surface area (TPSA) is 127 Å². The maximum Gasteiger partial charge on any atom is 0.269 e. The highest BCUT2D eigenvalue weighted by Crippen LogP contribution is 2.26. The highest BCUT2D eigenvalue weighted by Gasteiger charge is 2.22. The fourth-order valence-corrected chi connectivity index (χ4v) is 3.77. The fourth-order valence-electron chi connectivity index (χ4n) is 3.77. The van der Waals surface area contributed by atoms with Crippen molar-refractivity contribution in [3.63, 3.8) is 0 Å². The van der Waals surface area contributed by atoms with Crippen LogP contribution in [0.3, 0.4) is 0 Å². The van der Waals surface area contributed by atoms with Gasteiger partial charge >= 0.3 is 0 Å². The van der Waals surface area contributed by atoms with Crippen LogP contribution in [0.1, 0.15) is 24.4 Å². The molecule has 0 radical (unpaired) electrons. The van der Waals surface area contributed by atoms with E-state index in [1.807, 2.05) is 32.0 Å². The zero-order chi connectivity index (χ0) is 22.4. The second kappa shape index (κ2) is 7.41. The number of aromatic amines is 1. The SMILES string of the molecule is Cc1ccccc1-n1c([C@H](C)Nc2nc(N)nc3[nH]cnc23)nc2cccc(F)c2c1=O. The van der Waals surface area contributed by atoms with Gasteiger partial charge in [-0.3, -0.25) is 9.36 Å². The number of aryl methyl sites for hydroxylation is 1. The lowest BCUT2D eigenvalue weighted by Gasteiger charge is -2.21. The van der Waals surface area contributed by atoms with E-state index >= 15 is 0 Å². The number of nitrogens with one attached hydrogen (secondary N) is 2. The lowest BCUT2D eigenvalue weighted by Crippen LogP contribution is -2.28. The van der Waals surface area contributed by atoms with Crippen LogP contribution in [-0.4, -0.2) is 29.5 Å². The van der Waals surface area contributed by atoms with Gasteiger partial charge in [0, 0.05) is 0 Å². The summed E-state index contributed by atoms with van der Waals surface area (Å²) in [7, 11) is 0. The molecular weight excluding hydrogens is 411 g/mol. The van der Waals surface area contributed by atoms with E-state index in [2.05, 4.69) is 30.2 Å². The van der Waals surface area contributed by atoms with E-state index in [4.69, 9.17) is 5.73 Å². The molecule has 5 aromatic rings. The van der Waals surface area contributed by atoms with Gasteiger partial charge in [-0.2, -0.15) is 9.97 Å². The Morgan fingerprint density at radius 1 is 1.12 bits per heavy atom. The summed E-state index contributed by atoms with van der Waals surface area (Å²) >= 11 is 0. The quantitative estimate of drug-likeness (QED) is 0.399. The molecule has 0 aliphatic heterocycles. The number of aromatic nitrogens is 6. The third kappa shape index (κ3) is 3.13. The van der Waals surface area contributed by atoms with E-state index < -0.39 is 17.4 Å². The molecule has 0 bridgehead atoms. The maximum atomic E-state index is 14.6. The smallest absolute Gasteiger partial charge is 0.269 e. The third-order valence-electron chi connectivity index (χ3n) is 5.27. The Kier molecular flexibility index (Phi) is 4.54. The maximum absolute atomic E-state index is 14.6. The number of nitrogen functional groups attached to an aromatic ring is 1. The van der Waals surface area contributed by atoms with Crippen molar-refractivity contribution in [2.24, 2.45) is 0 Å². The zero-order valence-corrected chi connectivity index (χ0v) is 17.3. The summed E-state index contributed by atoms with van der Waals surface area (Å²) in [5.74, 6) is 0.243. The molecule has 32 heavy (non-hydrogen) atoms. The van der Waals surface area contributed by atoms with Crippen LogP contribution in [0.2, 0.25) is 0 Å². The van der Waals surface area contributed by atoms with E-state index in [-0.39, 0.29) is 16.9 Å². The Labute approximate surface area is 181 Å². The first-order valence-corrected chi connectivity index (χ1v) is 9.94. The molecule has 1 atom stereocenters. The van der Waals surface area contributed by atoms with Gasteiger partial charge in [0.25, 0.3) is 5.56 Å². The molecular formula is C22H19FN8O. The number of nitrogens with zero attached hydrogens (tertiary/aromatic N) is 5. The molecule has 0 aliphatic carbocycles. The Morgan fingerprint density at radius 3 is 2.75 bits per heavy atom. The average molecular weight is 430 g/mol. The van der Waals surface area contributed by atoms with Crippen LogP contribution in [-0.2, 0) is 0 Å². The van der Waals surface area contributed by atoms with Crippen LogP contribution < -0.4 is 16.6 Å². The minimum absolute atomic E-state index is 0.0623. The van der Waals surface area contributed by atoms with Crippen LogP contribution >= 0.6 is 0 Å². The Hall–Kier alpha value is -4.34. The molecule has 3 heterocycles.